The Morgan fingerprint density at radius 3 is 2.60 bits per heavy atom. The van der Waals surface area contributed by atoms with E-state index < -0.39 is 5.82 Å². The molecular formula is C8H10ClFN4O. The molecule has 0 aromatic carbocycles. The molecule has 1 saturated heterocycles. The van der Waals surface area contributed by atoms with Crippen LogP contribution in [-0.2, 0) is 4.74 Å². The molecule has 2 rings (SSSR count). The van der Waals surface area contributed by atoms with Crippen molar-refractivity contribution < 1.29 is 9.13 Å². The van der Waals surface area contributed by atoms with Crippen molar-refractivity contribution in [1.82, 2.24) is 9.97 Å². The van der Waals surface area contributed by atoms with Gasteiger partial charge in [-0.05, 0) is 0 Å². The van der Waals surface area contributed by atoms with E-state index in [9.17, 15) is 4.39 Å². The number of nitrogens with zero attached hydrogens (tertiary/aromatic N) is 3. The lowest BCUT2D eigenvalue weighted by Crippen LogP contribution is -2.37. The number of aromatic nitrogens is 2. The van der Waals surface area contributed by atoms with Gasteiger partial charge in [-0.1, -0.05) is 11.6 Å². The van der Waals surface area contributed by atoms with Gasteiger partial charge in [-0.25, -0.2) is 0 Å². The maximum Gasteiger partial charge on any atom is 0.229 e. The summed E-state index contributed by atoms with van der Waals surface area (Å²) in [6.07, 6.45) is 0. The van der Waals surface area contributed by atoms with E-state index in [1.165, 1.54) is 0 Å². The van der Waals surface area contributed by atoms with Crippen molar-refractivity contribution in [2.75, 3.05) is 36.9 Å². The summed E-state index contributed by atoms with van der Waals surface area (Å²) in [6.45, 7) is 2.50. The molecular weight excluding hydrogens is 223 g/mol. The van der Waals surface area contributed by atoms with E-state index in [1.54, 1.807) is 0 Å². The fourth-order valence-corrected chi connectivity index (χ4v) is 1.50. The lowest BCUT2D eigenvalue weighted by molar-refractivity contribution is 0.122. The second-order valence-electron chi connectivity index (χ2n) is 3.11. The summed E-state index contributed by atoms with van der Waals surface area (Å²) in [5.74, 6) is -0.646. The first-order valence-corrected chi connectivity index (χ1v) is 4.87. The summed E-state index contributed by atoms with van der Waals surface area (Å²) in [7, 11) is 0. The minimum atomic E-state index is -0.770. The van der Waals surface area contributed by atoms with Crippen molar-refractivity contribution >= 4 is 23.4 Å². The predicted octanol–water partition coefficient (Wildman–Crippen LogP) is 0.688. The number of morpholine rings is 1. The van der Waals surface area contributed by atoms with Gasteiger partial charge in [-0.2, -0.15) is 14.4 Å². The van der Waals surface area contributed by atoms with Gasteiger partial charge >= 0.3 is 0 Å². The molecule has 1 aromatic heterocycles. The average molecular weight is 233 g/mol. The lowest BCUT2D eigenvalue weighted by Gasteiger charge is -2.26. The Morgan fingerprint density at radius 2 is 2.00 bits per heavy atom. The molecule has 2 heterocycles. The van der Waals surface area contributed by atoms with Crippen LogP contribution in [0, 0.1) is 5.82 Å². The van der Waals surface area contributed by atoms with E-state index in [0.29, 0.717) is 32.3 Å². The summed E-state index contributed by atoms with van der Waals surface area (Å²) in [5, 5.41) is -0.246. The highest BCUT2D eigenvalue weighted by Gasteiger charge is 2.17. The van der Waals surface area contributed by atoms with Crippen LogP contribution in [0.4, 0.5) is 16.2 Å². The molecule has 82 valence electrons. The van der Waals surface area contributed by atoms with E-state index in [-0.39, 0.29) is 11.0 Å². The van der Waals surface area contributed by atoms with E-state index >= 15 is 0 Å². The lowest BCUT2D eigenvalue weighted by atomic mass is 10.4. The van der Waals surface area contributed by atoms with Crippen molar-refractivity contribution in [3.05, 3.63) is 11.0 Å². The number of hydrogen-bond acceptors (Lipinski definition) is 5. The Balaban J connectivity index is 2.27. The zero-order valence-corrected chi connectivity index (χ0v) is 8.67. The molecule has 0 atom stereocenters. The van der Waals surface area contributed by atoms with Crippen LogP contribution < -0.4 is 10.6 Å². The number of rotatable bonds is 1. The molecule has 15 heavy (non-hydrogen) atoms. The molecule has 1 fully saturated rings. The molecule has 0 amide bonds. The summed E-state index contributed by atoms with van der Waals surface area (Å²) in [6, 6.07) is 0. The van der Waals surface area contributed by atoms with Crippen molar-refractivity contribution in [1.29, 1.82) is 0 Å². The number of halogens is 2. The van der Waals surface area contributed by atoms with Crippen LogP contribution in [0.1, 0.15) is 0 Å². The van der Waals surface area contributed by atoms with E-state index in [0.717, 1.165) is 0 Å². The molecule has 0 unspecified atom stereocenters. The second kappa shape index (κ2) is 4.16. The van der Waals surface area contributed by atoms with Gasteiger partial charge in [0.1, 0.15) is 0 Å². The molecule has 0 aliphatic carbocycles. The van der Waals surface area contributed by atoms with Crippen LogP contribution in [0.2, 0.25) is 5.15 Å². The van der Waals surface area contributed by atoms with Crippen LogP contribution in [0.5, 0.6) is 0 Å². The molecule has 0 spiro atoms. The van der Waals surface area contributed by atoms with Gasteiger partial charge in [0.15, 0.2) is 11.0 Å². The first kappa shape index (κ1) is 10.4. The van der Waals surface area contributed by atoms with Crippen molar-refractivity contribution in [2.45, 2.75) is 0 Å². The van der Waals surface area contributed by atoms with Gasteiger partial charge < -0.3 is 15.4 Å². The van der Waals surface area contributed by atoms with Crippen LogP contribution in [-0.4, -0.2) is 36.3 Å². The Bertz CT molecular complexity index is 347. The fourth-order valence-electron chi connectivity index (χ4n) is 1.33. The summed E-state index contributed by atoms with van der Waals surface area (Å²) in [5.41, 5.74) is 5.36. The Hall–Kier alpha value is -1.14. The first-order valence-electron chi connectivity index (χ1n) is 4.49. The zero-order chi connectivity index (χ0) is 10.8. The molecule has 7 heteroatoms. The third-order valence-corrected chi connectivity index (χ3v) is 2.37. The Kier molecular flexibility index (Phi) is 2.88. The van der Waals surface area contributed by atoms with Gasteiger partial charge in [0, 0.05) is 13.1 Å². The molecule has 5 nitrogen and oxygen atoms in total. The van der Waals surface area contributed by atoms with E-state index in [2.05, 4.69) is 9.97 Å². The Morgan fingerprint density at radius 1 is 1.33 bits per heavy atom. The average Bonchev–Trinajstić information content (AvgIpc) is 2.26. The summed E-state index contributed by atoms with van der Waals surface area (Å²) >= 11 is 5.57. The zero-order valence-electron chi connectivity index (χ0n) is 7.91. The molecule has 0 bridgehead atoms. The standard InChI is InChI=1S/C8H10ClFN4O/c9-6-5(10)7(11)13-8(12-6)14-1-3-15-4-2-14/h1-4H2,(H2,11,12,13). The normalized spacial score (nSPS) is 16.8. The number of nitrogen functional groups attached to an aromatic ring is 1. The highest BCUT2D eigenvalue weighted by atomic mass is 35.5. The molecule has 1 aliphatic rings. The molecule has 1 aromatic rings. The monoisotopic (exact) mass is 232 g/mol. The van der Waals surface area contributed by atoms with E-state index in [1.807, 2.05) is 4.90 Å². The minimum Gasteiger partial charge on any atom is -0.381 e. The van der Waals surface area contributed by atoms with Gasteiger partial charge in [-0.15, -0.1) is 0 Å². The fraction of sp³-hybridized carbons (Fsp3) is 0.500. The molecule has 2 N–H and O–H groups in total. The summed E-state index contributed by atoms with van der Waals surface area (Å²) in [4.78, 5) is 9.51. The first-order chi connectivity index (χ1) is 7.18. The maximum atomic E-state index is 13.1. The SMILES string of the molecule is Nc1nc(N2CCOCC2)nc(Cl)c1F. The van der Waals surface area contributed by atoms with Crippen molar-refractivity contribution in [3.63, 3.8) is 0 Å². The van der Waals surface area contributed by atoms with Crippen molar-refractivity contribution in [3.8, 4) is 0 Å². The maximum absolute atomic E-state index is 13.1. The van der Waals surface area contributed by atoms with Gasteiger partial charge in [0.05, 0.1) is 13.2 Å². The number of ether oxygens (including phenoxy) is 1. The van der Waals surface area contributed by atoms with Crippen LogP contribution in [0.25, 0.3) is 0 Å². The number of anilines is 2. The molecule has 0 saturated carbocycles. The Labute approximate surface area is 91.0 Å². The van der Waals surface area contributed by atoms with Crippen LogP contribution >= 0.6 is 11.6 Å². The second-order valence-corrected chi connectivity index (χ2v) is 3.47. The van der Waals surface area contributed by atoms with Crippen molar-refractivity contribution in [2.24, 2.45) is 0 Å². The highest BCUT2D eigenvalue weighted by molar-refractivity contribution is 6.29. The number of hydrogen-bond donors (Lipinski definition) is 1. The minimum absolute atomic E-state index is 0.225. The largest absolute Gasteiger partial charge is 0.381 e. The highest BCUT2D eigenvalue weighted by Crippen LogP contribution is 2.20. The van der Waals surface area contributed by atoms with Gasteiger partial charge in [0.2, 0.25) is 11.8 Å². The van der Waals surface area contributed by atoms with Crippen LogP contribution in [0.15, 0.2) is 0 Å². The van der Waals surface area contributed by atoms with E-state index in [4.69, 9.17) is 22.1 Å². The quantitative estimate of drug-likeness (QED) is 0.722. The topological polar surface area (TPSA) is 64.3 Å². The number of nitrogens with two attached hydrogens (primary N) is 1. The van der Waals surface area contributed by atoms with Crippen LogP contribution in [0.3, 0.4) is 0 Å². The van der Waals surface area contributed by atoms with Gasteiger partial charge in [0.25, 0.3) is 0 Å². The smallest absolute Gasteiger partial charge is 0.229 e. The molecule has 1 aliphatic heterocycles. The van der Waals surface area contributed by atoms with Gasteiger partial charge in [-0.3, -0.25) is 0 Å². The predicted molar refractivity (Wildman–Crippen MR) is 54.4 cm³/mol. The third-order valence-electron chi connectivity index (χ3n) is 2.12. The molecule has 0 radical (unpaired) electrons. The third kappa shape index (κ3) is 2.10. The summed E-state index contributed by atoms with van der Waals surface area (Å²) < 4.78 is 18.2.